The summed E-state index contributed by atoms with van der Waals surface area (Å²) in [4.78, 5) is 10.8. The highest BCUT2D eigenvalue weighted by Gasteiger charge is 2.19. The van der Waals surface area contributed by atoms with Crippen LogP contribution in [-0.4, -0.2) is 14.6 Å². The Balaban J connectivity index is 3.16. The van der Waals surface area contributed by atoms with E-state index in [1.807, 2.05) is 19.6 Å². The number of hydrogen-bond acceptors (Lipinski definition) is 2. The van der Waals surface area contributed by atoms with Crippen LogP contribution in [0.1, 0.15) is 10.4 Å². The van der Waals surface area contributed by atoms with Gasteiger partial charge in [0.1, 0.15) is 5.75 Å². The summed E-state index contributed by atoms with van der Waals surface area (Å²) in [5.41, 5.74) is 0.286. The SMILES string of the molecule is C[Si](C)(C)Oc1ccc(Cl)c(C=O)c1Cl. The molecule has 0 radical (unpaired) electrons. The van der Waals surface area contributed by atoms with Gasteiger partial charge in [-0.1, -0.05) is 23.2 Å². The van der Waals surface area contributed by atoms with Gasteiger partial charge in [-0.25, -0.2) is 0 Å². The van der Waals surface area contributed by atoms with Gasteiger partial charge in [-0.05, 0) is 31.8 Å². The van der Waals surface area contributed by atoms with Gasteiger partial charge in [0.2, 0.25) is 8.32 Å². The van der Waals surface area contributed by atoms with Crippen molar-refractivity contribution in [3.8, 4) is 5.75 Å². The molecule has 0 spiro atoms. The van der Waals surface area contributed by atoms with E-state index in [-0.39, 0.29) is 5.56 Å². The molecule has 0 amide bonds. The molecule has 0 aliphatic heterocycles. The fraction of sp³-hybridized carbons (Fsp3) is 0.300. The van der Waals surface area contributed by atoms with E-state index in [1.165, 1.54) is 0 Å². The van der Waals surface area contributed by atoms with Crippen LogP contribution in [0.15, 0.2) is 12.1 Å². The van der Waals surface area contributed by atoms with Crippen molar-refractivity contribution in [3.63, 3.8) is 0 Å². The Morgan fingerprint density at radius 3 is 2.33 bits per heavy atom. The highest BCUT2D eigenvalue weighted by atomic mass is 35.5. The molecule has 0 saturated carbocycles. The first-order valence-corrected chi connectivity index (χ1v) is 8.64. The van der Waals surface area contributed by atoms with Crippen LogP contribution in [0.2, 0.25) is 29.7 Å². The smallest absolute Gasteiger partial charge is 0.242 e. The molecule has 0 fully saturated rings. The third kappa shape index (κ3) is 3.23. The van der Waals surface area contributed by atoms with E-state index in [0.29, 0.717) is 22.1 Å². The van der Waals surface area contributed by atoms with Crippen LogP contribution in [0.3, 0.4) is 0 Å². The van der Waals surface area contributed by atoms with Crippen LogP contribution in [0.5, 0.6) is 5.75 Å². The molecule has 0 unspecified atom stereocenters. The molecule has 0 heterocycles. The summed E-state index contributed by atoms with van der Waals surface area (Å²) in [7, 11) is -1.73. The van der Waals surface area contributed by atoms with Crippen LogP contribution in [0, 0.1) is 0 Å². The Bertz CT molecular complexity index is 386. The van der Waals surface area contributed by atoms with Gasteiger partial charge >= 0.3 is 0 Å². The average molecular weight is 263 g/mol. The monoisotopic (exact) mass is 262 g/mol. The second kappa shape index (κ2) is 4.55. The Morgan fingerprint density at radius 1 is 1.27 bits per heavy atom. The van der Waals surface area contributed by atoms with Crippen molar-refractivity contribution >= 4 is 37.8 Å². The van der Waals surface area contributed by atoms with Crippen molar-refractivity contribution in [1.29, 1.82) is 0 Å². The lowest BCUT2D eigenvalue weighted by Gasteiger charge is -2.20. The maximum absolute atomic E-state index is 10.8. The maximum atomic E-state index is 10.8. The molecule has 0 bridgehead atoms. The molecule has 15 heavy (non-hydrogen) atoms. The number of hydrogen-bond donors (Lipinski definition) is 0. The fourth-order valence-electron chi connectivity index (χ4n) is 1.07. The molecule has 82 valence electrons. The van der Waals surface area contributed by atoms with Crippen LogP contribution in [0.25, 0.3) is 0 Å². The highest BCUT2D eigenvalue weighted by Crippen LogP contribution is 2.33. The summed E-state index contributed by atoms with van der Waals surface area (Å²) in [6.07, 6.45) is 0.641. The molecule has 0 aromatic heterocycles. The second-order valence-electron chi connectivity index (χ2n) is 4.11. The van der Waals surface area contributed by atoms with Crippen molar-refractivity contribution in [2.24, 2.45) is 0 Å². The molecule has 1 aromatic carbocycles. The normalized spacial score (nSPS) is 11.3. The predicted molar refractivity (Wildman–Crippen MR) is 65.8 cm³/mol. The third-order valence-corrected chi connectivity index (χ3v) is 3.18. The van der Waals surface area contributed by atoms with Gasteiger partial charge in [0.25, 0.3) is 0 Å². The average Bonchev–Trinajstić information content (AvgIpc) is 2.09. The number of carbonyl (C=O) groups excluding carboxylic acids is 1. The van der Waals surface area contributed by atoms with Crippen LogP contribution < -0.4 is 4.43 Å². The quantitative estimate of drug-likeness (QED) is 0.608. The Morgan fingerprint density at radius 2 is 1.87 bits per heavy atom. The minimum Gasteiger partial charge on any atom is -0.543 e. The van der Waals surface area contributed by atoms with Crippen molar-refractivity contribution in [2.45, 2.75) is 19.6 Å². The van der Waals surface area contributed by atoms with Gasteiger partial charge in [-0.2, -0.15) is 0 Å². The summed E-state index contributed by atoms with van der Waals surface area (Å²) >= 11 is 11.8. The molecule has 0 atom stereocenters. The van der Waals surface area contributed by atoms with Gasteiger partial charge in [0.15, 0.2) is 6.29 Å². The first-order chi connectivity index (χ1) is 6.85. The zero-order chi connectivity index (χ0) is 11.6. The van der Waals surface area contributed by atoms with Crippen molar-refractivity contribution in [2.75, 3.05) is 0 Å². The summed E-state index contributed by atoms with van der Waals surface area (Å²) in [5, 5.41) is 0.637. The highest BCUT2D eigenvalue weighted by molar-refractivity contribution is 6.70. The first-order valence-electron chi connectivity index (χ1n) is 4.47. The van der Waals surface area contributed by atoms with E-state index in [2.05, 4.69) is 0 Å². The summed E-state index contributed by atoms with van der Waals surface area (Å²) < 4.78 is 5.72. The lowest BCUT2D eigenvalue weighted by molar-refractivity contribution is 0.112. The lowest BCUT2D eigenvalue weighted by Crippen LogP contribution is -2.29. The second-order valence-corrected chi connectivity index (χ2v) is 9.32. The van der Waals surface area contributed by atoms with Gasteiger partial charge in [0.05, 0.1) is 15.6 Å². The van der Waals surface area contributed by atoms with E-state index in [1.54, 1.807) is 12.1 Å². The summed E-state index contributed by atoms with van der Waals surface area (Å²) in [6, 6.07) is 3.31. The van der Waals surface area contributed by atoms with Crippen LogP contribution in [0.4, 0.5) is 0 Å². The van der Waals surface area contributed by atoms with E-state index in [0.717, 1.165) is 0 Å². The van der Waals surface area contributed by atoms with Crippen LogP contribution >= 0.6 is 23.2 Å². The molecule has 2 nitrogen and oxygen atoms in total. The van der Waals surface area contributed by atoms with E-state index in [4.69, 9.17) is 27.6 Å². The molecule has 1 rings (SSSR count). The molecule has 1 aromatic rings. The molecule has 0 saturated heterocycles. The van der Waals surface area contributed by atoms with E-state index < -0.39 is 8.32 Å². The number of carbonyl (C=O) groups is 1. The van der Waals surface area contributed by atoms with Crippen molar-refractivity contribution in [1.82, 2.24) is 0 Å². The fourth-order valence-corrected chi connectivity index (χ4v) is 2.46. The zero-order valence-corrected chi connectivity index (χ0v) is 11.3. The summed E-state index contributed by atoms with van der Waals surface area (Å²) in [5.74, 6) is 0.530. The predicted octanol–water partition coefficient (Wildman–Crippen LogP) is 4.02. The number of benzene rings is 1. The maximum Gasteiger partial charge on any atom is 0.242 e. The minimum absolute atomic E-state index is 0.286. The lowest BCUT2D eigenvalue weighted by atomic mass is 10.2. The molecular weight excluding hydrogens is 251 g/mol. The van der Waals surface area contributed by atoms with E-state index >= 15 is 0 Å². The van der Waals surface area contributed by atoms with Crippen molar-refractivity contribution < 1.29 is 9.22 Å². The van der Waals surface area contributed by atoms with Crippen molar-refractivity contribution in [3.05, 3.63) is 27.7 Å². The first kappa shape index (κ1) is 12.6. The van der Waals surface area contributed by atoms with E-state index in [9.17, 15) is 4.79 Å². The standard InChI is InChI=1S/C10H12Cl2O2Si/c1-15(2,3)14-9-5-4-8(11)7(6-13)10(9)12/h4-6H,1-3H3. The Labute approximate surface area is 100 Å². The number of halogens is 2. The Kier molecular flexibility index (Phi) is 3.81. The van der Waals surface area contributed by atoms with Gasteiger partial charge in [-0.3, -0.25) is 4.79 Å². The van der Waals surface area contributed by atoms with Gasteiger partial charge < -0.3 is 4.43 Å². The summed E-state index contributed by atoms with van der Waals surface area (Å²) in [6.45, 7) is 6.12. The number of aldehydes is 1. The molecule has 0 N–H and O–H groups in total. The Hall–Kier alpha value is -0.513. The molecule has 5 heteroatoms. The van der Waals surface area contributed by atoms with Crippen LogP contribution in [-0.2, 0) is 0 Å². The number of rotatable bonds is 3. The zero-order valence-electron chi connectivity index (χ0n) is 8.80. The van der Waals surface area contributed by atoms with Gasteiger partial charge in [0, 0.05) is 0 Å². The largest absolute Gasteiger partial charge is 0.543 e. The molecule has 0 aliphatic rings. The molecule has 0 aliphatic carbocycles. The molecular formula is C10H12Cl2O2Si. The third-order valence-electron chi connectivity index (χ3n) is 1.63. The topological polar surface area (TPSA) is 26.3 Å². The minimum atomic E-state index is -1.73. The van der Waals surface area contributed by atoms with Gasteiger partial charge in [-0.15, -0.1) is 0 Å².